The molecule has 0 aromatic heterocycles. The lowest BCUT2D eigenvalue weighted by atomic mass is 10.2. The van der Waals surface area contributed by atoms with Gasteiger partial charge in [-0.2, -0.15) is 0 Å². The lowest BCUT2D eigenvalue weighted by molar-refractivity contribution is 0.0686. The molecule has 0 atom stereocenters. The molecule has 0 saturated heterocycles. The van der Waals surface area contributed by atoms with Crippen LogP contribution in [0.2, 0.25) is 0 Å². The van der Waals surface area contributed by atoms with Gasteiger partial charge in [-0.3, -0.25) is 0 Å². The second-order valence-electron chi connectivity index (χ2n) is 3.70. The molecule has 4 nitrogen and oxygen atoms in total. The van der Waals surface area contributed by atoms with Crippen LogP contribution < -0.4 is 0 Å². The fourth-order valence-electron chi connectivity index (χ4n) is 1.21. The average molecular weight is 308 g/mol. The first kappa shape index (κ1) is 16.1. The Morgan fingerprint density at radius 2 is 0.900 bits per heavy atom. The fraction of sp³-hybridized carbons (Fsp3) is 0. The van der Waals surface area contributed by atoms with E-state index in [4.69, 9.17) is 10.2 Å². The molecule has 0 aliphatic heterocycles. The second-order valence-corrected chi connectivity index (χ2v) is 4.74. The number of carboxylic acid groups (broad SMARTS) is 2. The van der Waals surface area contributed by atoms with Crippen LogP contribution in [0.4, 0.5) is 0 Å². The number of hydrogen-bond donors (Lipinski definition) is 4. The van der Waals surface area contributed by atoms with Crippen molar-refractivity contribution in [3.63, 3.8) is 0 Å². The van der Waals surface area contributed by atoms with Gasteiger partial charge in [-0.25, -0.2) is 9.59 Å². The Kier molecular flexibility index (Phi) is 6.14. The monoisotopic (exact) mass is 308 g/mol. The Bertz CT molecular complexity index is 536. The molecule has 104 valence electrons. The molecule has 0 saturated carbocycles. The largest absolute Gasteiger partial charge is 0.478 e. The van der Waals surface area contributed by atoms with E-state index in [-0.39, 0.29) is 11.1 Å². The summed E-state index contributed by atoms with van der Waals surface area (Å²) in [5.41, 5.74) is 0.579. The van der Waals surface area contributed by atoms with Crippen molar-refractivity contribution in [3.05, 3.63) is 59.7 Å². The molecule has 0 aliphatic rings. The van der Waals surface area contributed by atoms with Gasteiger partial charge < -0.3 is 10.2 Å². The zero-order valence-electron chi connectivity index (χ0n) is 10.2. The summed E-state index contributed by atoms with van der Waals surface area (Å²) in [6.07, 6.45) is 0. The normalized spacial score (nSPS) is 9.30. The Morgan fingerprint density at radius 1 is 0.650 bits per heavy atom. The van der Waals surface area contributed by atoms with Crippen molar-refractivity contribution in [1.29, 1.82) is 0 Å². The Labute approximate surface area is 126 Å². The SMILES string of the molecule is O=C(O)c1ccc(S)cc1.O=C(O)c1ccc(S)cc1. The summed E-state index contributed by atoms with van der Waals surface area (Å²) in [7, 11) is 0. The summed E-state index contributed by atoms with van der Waals surface area (Å²) < 4.78 is 0. The molecule has 0 spiro atoms. The Balaban J connectivity index is 0.000000200. The summed E-state index contributed by atoms with van der Waals surface area (Å²) >= 11 is 8.01. The van der Waals surface area contributed by atoms with Gasteiger partial charge in [0.15, 0.2) is 0 Å². The summed E-state index contributed by atoms with van der Waals surface area (Å²) in [5.74, 6) is -1.82. The minimum absolute atomic E-state index is 0.290. The maximum Gasteiger partial charge on any atom is 0.335 e. The highest BCUT2D eigenvalue weighted by molar-refractivity contribution is 7.80. The van der Waals surface area contributed by atoms with Crippen LogP contribution in [-0.2, 0) is 0 Å². The smallest absolute Gasteiger partial charge is 0.335 e. The first-order valence-electron chi connectivity index (χ1n) is 5.45. The average Bonchev–Trinajstić information content (AvgIpc) is 2.40. The lowest BCUT2D eigenvalue weighted by Crippen LogP contribution is -1.94. The van der Waals surface area contributed by atoms with Gasteiger partial charge >= 0.3 is 11.9 Å². The standard InChI is InChI=1S/2C7H6O2S/c2*8-7(9)5-1-3-6(10)4-2-5/h2*1-4,10H,(H,8,9). The van der Waals surface area contributed by atoms with Gasteiger partial charge in [0, 0.05) is 9.79 Å². The number of carbonyl (C=O) groups is 2. The quantitative estimate of drug-likeness (QED) is 0.642. The Morgan fingerprint density at radius 3 is 1.10 bits per heavy atom. The summed E-state index contributed by atoms with van der Waals surface area (Å²) in [4.78, 5) is 22.1. The molecule has 2 rings (SSSR count). The third-order valence-electron chi connectivity index (χ3n) is 2.23. The molecule has 0 unspecified atom stereocenters. The number of carboxylic acids is 2. The fourth-order valence-corrected chi connectivity index (χ4v) is 1.51. The summed E-state index contributed by atoms with van der Waals surface area (Å²) in [6, 6.07) is 12.7. The molecule has 0 fully saturated rings. The number of benzene rings is 2. The molecule has 20 heavy (non-hydrogen) atoms. The minimum Gasteiger partial charge on any atom is -0.478 e. The molecule has 6 heteroatoms. The van der Waals surface area contributed by atoms with Crippen molar-refractivity contribution >= 4 is 37.2 Å². The van der Waals surface area contributed by atoms with Crippen molar-refractivity contribution in [1.82, 2.24) is 0 Å². The van der Waals surface area contributed by atoms with Gasteiger partial charge in [0.05, 0.1) is 11.1 Å². The third-order valence-corrected chi connectivity index (χ3v) is 2.82. The van der Waals surface area contributed by atoms with E-state index in [1.54, 1.807) is 24.3 Å². The molecule has 2 aromatic rings. The Hall–Kier alpha value is -1.92. The number of rotatable bonds is 2. The first-order valence-corrected chi connectivity index (χ1v) is 6.34. The zero-order valence-corrected chi connectivity index (χ0v) is 12.0. The molecule has 0 radical (unpaired) electrons. The highest BCUT2D eigenvalue weighted by Crippen LogP contribution is 2.07. The van der Waals surface area contributed by atoms with Gasteiger partial charge in [0.25, 0.3) is 0 Å². The highest BCUT2D eigenvalue weighted by atomic mass is 32.1. The first-order chi connectivity index (χ1) is 9.40. The van der Waals surface area contributed by atoms with Gasteiger partial charge in [-0.05, 0) is 48.5 Å². The van der Waals surface area contributed by atoms with Crippen LogP contribution in [0, 0.1) is 0 Å². The summed E-state index contributed by atoms with van der Waals surface area (Å²) in [6.45, 7) is 0. The molecule has 0 amide bonds. The van der Waals surface area contributed by atoms with Gasteiger partial charge in [0.2, 0.25) is 0 Å². The predicted octanol–water partition coefficient (Wildman–Crippen LogP) is 3.35. The van der Waals surface area contributed by atoms with Crippen molar-refractivity contribution in [3.8, 4) is 0 Å². The minimum atomic E-state index is -0.909. The van der Waals surface area contributed by atoms with E-state index >= 15 is 0 Å². The molecule has 0 bridgehead atoms. The number of aromatic carboxylic acids is 2. The molecule has 0 heterocycles. The van der Waals surface area contributed by atoms with E-state index in [1.807, 2.05) is 0 Å². The predicted molar refractivity (Wildman–Crippen MR) is 81.3 cm³/mol. The lowest BCUT2D eigenvalue weighted by Gasteiger charge is -1.92. The van der Waals surface area contributed by atoms with Crippen LogP contribution in [-0.4, -0.2) is 22.2 Å². The maximum absolute atomic E-state index is 10.3. The van der Waals surface area contributed by atoms with Gasteiger partial charge in [-0.1, -0.05) is 0 Å². The summed E-state index contributed by atoms with van der Waals surface area (Å²) in [5, 5.41) is 16.9. The molecule has 2 N–H and O–H groups in total. The molecular formula is C14H12O4S2. The van der Waals surface area contributed by atoms with Crippen LogP contribution >= 0.6 is 25.3 Å². The van der Waals surface area contributed by atoms with E-state index in [2.05, 4.69) is 25.3 Å². The van der Waals surface area contributed by atoms with E-state index in [9.17, 15) is 9.59 Å². The highest BCUT2D eigenvalue weighted by Gasteiger charge is 1.99. The van der Waals surface area contributed by atoms with Crippen LogP contribution in [0.3, 0.4) is 0 Å². The number of hydrogen-bond acceptors (Lipinski definition) is 4. The van der Waals surface area contributed by atoms with Crippen LogP contribution in [0.25, 0.3) is 0 Å². The van der Waals surface area contributed by atoms with E-state index in [0.717, 1.165) is 9.79 Å². The van der Waals surface area contributed by atoms with E-state index in [0.29, 0.717) is 0 Å². The second kappa shape index (κ2) is 7.62. The maximum atomic E-state index is 10.3. The van der Waals surface area contributed by atoms with Crippen molar-refractivity contribution < 1.29 is 19.8 Å². The van der Waals surface area contributed by atoms with Crippen molar-refractivity contribution in [2.75, 3.05) is 0 Å². The molecular weight excluding hydrogens is 296 g/mol. The van der Waals surface area contributed by atoms with Gasteiger partial charge in [-0.15, -0.1) is 25.3 Å². The van der Waals surface area contributed by atoms with Crippen LogP contribution in [0.15, 0.2) is 58.3 Å². The van der Waals surface area contributed by atoms with Gasteiger partial charge in [0.1, 0.15) is 0 Å². The van der Waals surface area contributed by atoms with E-state index in [1.165, 1.54) is 24.3 Å². The topological polar surface area (TPSA) is 74.6 Å². The van der Waals surface area contributed by atoms with Crippen molar-refractivity contribution in [2.24, 2.45) is 0 Å². The molecule has 2 aromatic carbocycles. The zero-order chi connectivity index (χ0) is 15.1. The van der Waals surface area contributed by atoms with Crippen LogP contribution in [0.5, 0.6) is 0 Å². The van der Waals surface area contributed by atoms with Crippen molar-refractivity contribution in [2.45, 2.75) is 9.79 Å². The van der Waals surface area contributed by atoms with E-state index < -0.39 is 11.9 Å². The number of thiol groups is 2. The van der Waals surface area contributed by atoms with Crippen LogP contribution in [0.1, 0.15) is 20.7 Å². The molecule has 0 aliphatic carbocycles. The third kappa shape index (κ3) is 5.38.